The molecule has 0 atom stereocenters. The van der Waals surface area contributed by atoms with E-state index in [0.717, 1.165) is 5.39 Å². The van der Waals surface area contributed by atoms with E-state index < -0.39 is 15.9 Å². The number of aromatic nitrogens is 1. The summed E-state index contributed by atoms with van der Waals surface area (Å²) in [7, 11) is -2.48. The highest BCUT2D eigenvalue weighted by molar-refractivity contribution is 7.89. The number of fused-ring (bicyclic) bond motifs is 1. The topological polar surface area (TPSA) is 107 Å². The normalized spacial score (nSPS) is 11.9. The van der Waals surface area contributed by atoms with Gasteiger partial charge < -0.3 is 10.2 Å². The van der Waals surface area contributed by atoms with E-state index >= 15 is 0 Å². The molecule has 23 heavy (non-hydrogen) atoms. The molecule has 0 saturated heterocycles. The predicted octanol–water partition coefficient (Wildman–Crippen LogP) is 1.72. The van der Waals surface area contributed by atoms with Gasteiger partial charge in [-0.15, -0.1) is 0 Å². The van der Waals surface area contributed by atoms with Crippen LogP contribution in [0.4, 0.5) is 5.69 Å². The van der Waals surface area contributed by atoms with Crippen molar-refractivity contribution in [2.24, 2.45) is 0 Å². The summed E-state index contributed by atoms with van der Waals surface area (Å²) in [5, 5.41) is 0.443. The Kier molecular flexibility index (Phi) is 3.50. The van der Waals surface area contributed by atoms with Crippen molar-refractivity contribution in [1.29, 1.82) is 0 Å². The summed E-state index contributed by atoms with van der Waals surface area (Å²) >= 11 is 0. The number of nitrogen functional groups attached to an aromatic ring is 1. The van der Waals surface area contributed by atoms with E-state index in [1.54, 1.807) is 19.1 Å². The van der Waals surface area contributed by atoms with Gasteiger partial charge in [0.25, 0.3) is 15.9 Å². The number of sulfonamides is 1. The number of hydrogen-bond acceptors (Lipinski definition) is 5. The summed E-state index contributed by atoms with van der Waals surface area (Å²) in [5.41, 5.74) is 7.76. The number of benzene rings is 1. The molecule has 0 bridgehead atoms. The Hall–Kier alpha value is -2.58. The quantitative estimate of drug-likeness (QED) is 0.759. The lowest BCUT2D eigenvalue weighted by atomic mass is 10.2. The Morgan fingerprint density at radius 1 is 1.22 bits per heavy atom. The molecule has 3 rings (SSSR count). The molecule has 0 radical (unpaired) electrons. The molecular weight excluding hydrogens is 318 g/mol. The summed E-state index contributed by atoms with van der Waals surface area (Å²) in [6, 6.07) is 9.78. The van der Waals surface area contributed by atoms with Crippen LogP contribution in [0.2, 0.25) is 0 Å². The lowest BCUT2D eigenvalue weighted by molar-refractivity contribution is 0.0930. The molecule has 0 aliphatic heterocycles. The zero-order valence-electron chi connectivity index (χ0n) is 12.5. The number of nitrogens with zero attached hydrogens (tertiary/aromatic N) is 1. The fraction of sp³-hybridized carbons (Fsp3) is 0.133. The summed E-state index contributed by atoms with van der Waals surface area (Å²) in [5.74, 6) is -0.560. The van der Waals surface area contributed by atoms with Gasteiger partial charge in [0.2, 0.25) is 5.09 Å². The maximum atomic E-state index is 12.7. The lowest BCUT2D eigenvalue weighted by Crippen LogP contribution is -2.18. The molecule has 2 aromatic heterocycles. The average molecular weight is 333 g/mol. The van der Waals surface area contributed by atoms with Crippen LogP contribution in [-0.2, 0) is 10.0 Å². The van der Waals surface area contributed by atoms with E-state index in [1.165, 1.54) is 23.7 Å². The molecular formula is C15H15N3O4S. The fourth-order valence-corrected chi connectivity index (χ4v) is 3.09. The molecule has 0 aliphatic rings. The van der Waals surface area contributed by atoms with E-state index in [9.17, 15) is 13.2 Å². The number of para-hydroxylation sites is 1. The smallest absolute Gasteiger partial charge is 0.298 e. The van der Waals surface area contributed by atoms with Gasteiger partial charge in [-0.3, -0.25) is 9.36 Å². The number of carbonyl (C=O) groups is 1. The highest BCUT2D eigenvalue weighted by Crippen LogP contribution is 2.29. The SMILES string of the molecule is CNS(=O)(=O)c1ccc(C(=O)n2c(C)c(N)c3ccccc32)o1. The number of anilines is 1. The number of rotatable bonds is 3. The minimum atomic E-state index is -3.74. The van der Waals surface area contributed by atoms with Crippen LogP contribution < -0.4 is 10.5 Å². The van der Waals surface area contributed by atoms with Crippen LogP contribution >= 0.6 is 0 Å². The van der Waals surface area contributed by atoms with Crippen molar-refractivity contribution in [1.82, 2.24) is 9.29 Å². The second-order valence-corrected chi connectivity index (χ2v) is 6.80. The second kappa shape index (κ2) is 5.25. The first-order valence-electron chi connectivity index (χ1n) is 6.80. The van der Waals surface area contributed by atoms with Crippen LogP contribution in [0.3, 0.4) is 0 Å². The molecule has 7 nitrogen and oxygen atoms in total. The molecule has 0 fully saturated rings. The maximum Gasteiger partial charge on any atom is 0.298 e. The van der Waals surface area contributed by atoms with E-state index in [4.69, 9.17) is 10.2 Å². The molecule has 8 heteroatoms. The highest BCUT2D eigenvalue weighted by atomic mass is 32.2. The molecule has 0 aliphatic carbocycles. The summed E-state index contributed by atoms with van der Waals surface area (Å²) in [6.07, 6.45) is 0. The van der Waals surface area contributed by atoms with Crippen molar-refractivity contribution in [2.45, 2.75) is 12.0 Å². The Bertz CT molecular complexity index is 1010. The molecule has 0 saturated carbocycles. The van der Waals surface area contributed by atoms with E-state index in [2.05, 4.69) is 4.72 Å². The number of hydrogen-bond donors (Lipinski definition) is 2. The number of nitrogens with one attached hydrogen (secondary N) is 1. The van der Waals surface area contributed by atoms with Crippen LogP contribution in [0, 0.1) is 6.92 Å². The fourth-order valence-electron chi connectivity index (χ4n) is 2.44. The van der Waals surface area contributed by atoms with Crippen LogP contribution in [-0.4, -0.2) is 25.9 Å². The zero-order chi connectivity index (χ0) is 16.8. The van der Waals surface area contributed by atoms with Crippen molar-refractivity contribution >= 4 is 32.5 Å². The molecule has 0 amide bonds. The summed E-state index contributed by atoms with van der Waals surface area (Å²) < 4.78 is 32.2. The Morgan fingerprint density at radius 2 is 1.91 bits per heavy atom. The van der Waals surface area contributed by atoms with Crippen molar-refractivity contribution in [3.63, 3.8) is 0 Å². The van der Waals surface area contributed by atoms with Crippen molar-refractivity contribution in [2.75, 3.05) is 12.8 Å². The van der Waals surface area contributed by atoms with Gasteiger partial charge in [0, 0.05) is 11.1 Å². The first-order chi connectivity index (χ1) is 10.9. The molecule has 3 aromatic rings. The third kappa shape index (κ3) is 2.32. The van der Waals surface area contributed by atoms with E-state index in [1.807, 2.05) is 12.1 Å². The van der Waals surface area contributed by atoms with E-state index in [0.29, 0.717) is 16.9 Å². The monoisotopic (exact) mass is 333 g/mol. The zero-order valence-corrected chi connectivity index (χ0v) is 13.3. The van der Waals surface area contributed by atoms with Gasteiger partial charge in [0.05, 0.1) is 11.2 Å². The summed E-state index contributed by atoms with van der Waals surface area (Å²) in [6.45, 7) is 1.72. The van der Waals surface area contributed by atoms with Crippen LogP contribution in [0.15, 0.2) is 45.9 Å². The Balaban J connectivity index is 2.14. The van der Waals surface area contributed by atoms with E-state index in [-0.39, 0.29) is 10.9 Å². The molecule has 120 valence electrons. The third-order valence-corrected chi connectivity index (χ3v) is 4.98. The standard InChI is InChI=1S/C15H15N3O4S/c1-9-14(16)10-5-3-4-6-11(10)18(9)15(19)12-7-8-13(22-12)23(20,21)17-2/h3-8,17H,16H2,1-2H3. The maximum absolute atomic E-state index is 12.7. The van der Waals surface area contributed by atoms with Gasteiger partial charge in [0.15, 0.2) is 5.76 Å². The molecule has 0 spiro atoms. The summed E-state index contributed by atoms with van der Waals surface area (Å²) in [4.78, 5) is 12.7. The second-order valence-electron chi connectivity index (χ2n) is 4.98. The number of nitrogens with two attached hydrogens (primary N) is 1. The van der Waals surface area contributed by atoms with Gasteiger partial charge in [-0.2, -0.15) is 0 Å². The third-order valence-electron chi connectivity index (χ3n) is 3.69. The molecule has 1 aromatic carbocycles. The number of carbonyl (C=O) groups excluding carboxylic acids is 1. The van der Waals surface area contributed by atoms with Crippen molar-refractivity contribution in [3.8, 4) is 0 Å². The minimum Gasteiger partial charge on any atom is -0.438 e. The Morgan fingerprint density at radius 3 is 2.61 bits per heavy atom. The largest absolute Gasteiger partial charge is 0.438 e. The first kappa shape index (κ1) is 15.3. The predicted molar refractivity (Wildman–Crippen MR) is 85.8 cm³/mol. The van der Waals surface area contributed by atoms with Gasteiger partial charge in [-0.1, -0.05) is 18.2 Å². The van der Waals surface area contributed by atoms with Gasteiger partial charge in [0.1, 0.15) is 0 Å². The van der Waals surface area contributed by atoms with Crippen LogP contribution in [0.25, 0.3) is 10.9 Å². The minimum absolute atomic E-state index is 0.0809. The lowest BCUT2D eigenvalue weighted by Gasteiger charge is -2.04. The van der Waals surface area contributed by atoms with Crippen molar-refractivity contribution < 1.29 is 17.6 Å². The van der Waals surface area contributed by atoms with Gasteiger partial charge in [-0.25, -0.2) is 13.1 Å². The molecule has 3 N–H and O–H groups in total. The van der Waals surface area contributed by atoms with Crippen molar-refractivity contribution in [3.05, 3.63) is 47.9 Å². The Labute approximate surface area is 132 Å². The van der Waals surface area contributed by atoms with Gasteiger partial charge in [-0.05, 0) is 32.2 Å². The van der Waals surface area contributed by atoms with Crippen LogP contribution in [0.1, 0.15) is 16.2 Å². The van der Waals surface area contributed by atoms with Crippen LogP contribution in [0.5, 0.6) is 0 Å². The van der Waals surface area contributed by atoms with Gasteiger partial charge >= 0.3 is 0 Å². The molecule has 2 heterocycles. The number of furan rings is 1. The molecule has 0 unspecified atom stereocenters. The highest BCUT2D eigenvalue weighted by Gasteiger charge is 2.23. The average Bonchev–Trinajstić information content (AvgIpc) is 3.13. The first-order valence-corrected chi connectivity index (χ1v) is 8.28.